The minimum atomic E-state index is -0.896. The number of aromatic carboxylic acids is 1. The molecule has 0 amide bonds. The van der Waals surface area contributed by atoms with Gasteiger partial charge in [-0.25, -0.2) is 4.79 Å². The molecular weight excluding hydrogens is 254 g/mol. The van der Waals surface area contributed by atoms with Crippen LogP contribution >= 0.6 is 0 Å². The molecule has 0 atom stereocenters. The Morgan fingerprint density at radius 2 is 2.00 bits per heavy atom. The number of ether oxygens (including phenoxy) is 1. The van der Waals surface area contributed by atoms with Gasteiger partial charge in [0.25, 0.3) is 0 Å². The maximum atomic E-state index is 11.2. The molecule has 4 nitrogen and oxygen atoms in total. The maximum absolute atomic E-state index is 11.2. The summed E-state index contributed by atoms with van der Waals surface area (Å²) in [7, 11) is 1.88. The first-order chi connectivity index (χ1) is 9.45. The predicted octanol–water partition coefficient (Wildman–Crippen LogP) is 3.41. The van der Waals surface area contributed by atoms with Crippen LogP contribution < -0.4 is 4.74 Å². The topological polar surface area (TPSA) is 51.5 Å². The van der Waals surface area contributed by atoms with E-state index in [-0.39, 0.29) is 0 Å². The Morgan fingerprint density at radius 1 is 1.30 bits per heavy atom. The summed E-state index contributed by atoms with van der Waals surface area (Å²) in [5.74, 6) is -0.0346. The lowest BCUT2D eigenvalue weighted by molar-refractivity contribution is 0.0696. The molecule has 0 saturated carbocycles. The van der Waals surface area contributed by atoms with Crippen molar-refractivity contribution >= 4 is 5.97 Å². The van der Waals surface area contributed by atoms with Gasteiger partial charge in [0.15, 0.2) is 0 Å². The SMILES string of the molecule is CCOc1ccc(-c2cc(C(=O)O)c(C)n2C)cc1C. The first kappa shape index (κ1) is 14.2. The van der Waals surface area contributed by atoms with Crippen LogP contribution in [0.5, 0.6) is 5.75 Å². The van der Waals surface area contributed by atoms with E-state index in [2.05, 4.69) is 0 Å². The van der Waals surface area contributed by atoms with E-state index in [1.54, 1.807) is 6.07 Å². The van der Waals surface area contributed by atoms with Crippen LogP contribution in [0.2, 0.25) is 0 Å². The predicted molar refractivity (Wildman–Crippen MR) is 78.5 cm³/mol. The van der Waals surface area contributed by atoms with Gasteiger partial charge in [0, 0.05) is 18.4 Å². The number of carboxylic acid groups (broad SMARTS) is 1. The van der Waals surface area contributed by atoms with Gasteiger partial charge in [-0.1, -0.05) is 0 Å². The van der Waals surface area contributed by atoms with Crippen molar-refractivity contribution < 1.29 is 14.6 Å². The van der Waals surface area contributed by atoms with E-state index in [1.165, 1.54) is 0 Å². The Labute approximate surface area is 118 Å². The zero-order chi connectivity index (χ0) is 14.9. The van der Waals surface area contributed by atoms with Gasteiger partial charge in [-0.05, 0) is 56.2 Å². The van der Waals surface area contributed by atoms with Crippen LogP contribution in [0.4, 0.5) is 0 Å². The van der Waals surface area contributed by atoms with Gasteiger partial charge in [-0.15, -0.1) is 0 Å². The first-order valence-electron chi connectivity index (χ1n) is 6.59. The van der Waals surface area contributed by atoms with Crippen molar-refractivity contribution in [2.75, 3.05) is 6.61 Å². The van der Waals surface area contributed by atoms with Gasteiger partial charge in [0.2, 0.25) is 0 Å². The van der Waals surface area contributed by atoms with Crippen molar-refractivity contribution in [3.8, 4) is 17.0 Å². The van der Waals surface area contributed by atoms with Crippen LogP contribution in [-0.4, -0.2) is 22.2 Å². The smallest absolute Gasteiger partial charge is 0.337 e. The van der Waals surface area contributed by atoms with Crippen LogP contribution in [-0.2, 0) is 7.05 Å². The Morgan fingerprint density at radius 3 is 2.50 bits per heavy atom. The standard InChI is InChI=1S/C16H19NO3/c1-5-20-15-7-6-12(8-10(15)2)14-9-13(16(18)19)11(3)17(14)4/h6-9H,5H2,1-4H3,(H,18,19). The van der Waals surface area contributed by atoms with E-state index in [0.29, 0.717) is 12.2 Å². The molecule has 0 saturated heterocycles. The molecule has 0 aliphatic heterocycles. The summed E-state index contributed by atoms with van der Waals surface area (Å²) in [6.45, 7) is 6.39. The fraction of sp³-hybridized carbons (Fsp3) is 0.312. The molecule has 0 spiro atoms. The molecule has 4 heteroatoms. The third kappa shape index (κ3) is 2.41. The van der Waals surface area contributed by atoms with Gasteiger partial charge in [-0.2, -0.15) is 0 Å². The number of carbonyl (C=O) groups is 1. The van der Waals surface area contributed by atoms with Crippen molar-refractivity contribution in [1.29, 1.82) is 0 Å². The summed E-state index contributed by atoms with van der Waals surface area (Å²) in [5.41, 5.74) is 4.02. The second-order valence-corrected chi connectivity index (χ2v) is 4.81. The molecule has 0 radical (unpaired) electrons. The Kier molecular flexibility index (Phi) is 3.84. The molecule has 0 unspecified atom stereocenters. The Hall–Kier alpha value is -2.23. The molecule has 2 rings (SSSR count). The van der Waals surface area contributed by atoms with Crippen molar-refractivity contribution in [2.45, 2.75) is 20.8 Å². The number of aromatic nitrogens is 1. The molecule has 1 N–H and O–H groups in total. The molecule has 0 bridgehead atoms. The zero-order valence-corrected chi connectivity index (χ0v) is 12.2. The molecule has 0 fully saturated rings. The maximum Gasteiger partial charge on any atom is 0.337 e. The van der Waals surface area contributed by atoms with Gasteiger partial charge in [-0.3, -0.25) is 0 Å². The van der Waals surface area contributed by atoms with Crippen LogP contribution in [0, 0.1) is 13.8 Å². The summed E-state index contributed by atoms with van der Waals surface area (Å²) in [6, 6.07) is 7.62. The van der Waals surface area contributed by atoms with Gasteiger partial charge in [0.1, 0.15) is 5.75 Å². The molecule has 1 aromatic heterocycles. The number of benzene rings is 1. The third-order valence-electron chi connectivity index (χ3n) is 3.54. The van der Waals surface area contributed by atoms with E-state index in [4.69, 9.17) is 4.74 Å². The third-order valence-corrected chi connectivity index (χ3v) is 3.54. The van der Waals surface area contributed by atoms with Crippen molar-refractivity contribution in [3.63, 3.8) is 0 Å². The first-order valence-corrected chi connectivity index (χ1v) is 6.59. The second-order valence-electron chi connectivity index (χ2n) is 4.81. The Bertz CT molecular complexity index is 656. The van der Waals surface area contributed by atoms with E-state index in [1.807, 2.05) is 50.6 Å². The van der Waals surface area contributed by atoms with Crippen molar-refractivity contribution in [3.05, 3.63) is 41.1 Å². The van der Waals surface area contributed by atoms with Gasteiger partial charge >= 0.3 is 5.97 Å². The summed E-state index contributed by atoms with van der Waals surface area (Å²) < 4.78 is 7.43. The quantitative estimate of drug-likeness (QED) is 0.928. The molecule has 0 aliphatic rings. The number of aryl methyl sites for hydroxylation is 1. The van der Waals surface area contributed by atoms with Crippen LogP contribution in [0.3, 0.4) is 0 Å². The van der Waals surface area contributed by atoms with E-state index in [0.717, 1.165) is 28.3 Å². The number of nitrogens with zero attached hydrogens (tertiary/aromatic N) is 1. The molecule has 0 aliphatic carbocycles. The average Bonchev–Trinajstić information content (AvgIpc) is 2.69. The molecular formula is C16H19NO3. The highest BCUT2D eigenvalue weighted by Gasteiger charge is 2.16. The lowest BCUT2D eigenvalue weighted by Crippen LogP contribution is -1.99. The van der Waals surface area contributed by atoms with Crippen molar-refractivity contribution in [2.24, 2.45) is 7.05 Å². The number of carboxylic acids is 1. The number of hydrogen-bond acceptors (Lipinski definition) is 2. The lowest BCUT2D eigenvalue weighted by Gasteiger charge is -2.10. The molecule has 2 aromatic rings. The van der Waals surface area contributed by atoms with Gasteiger partial charge in [0.05, 0.1) is 12.2 Å². The summed E-state index contributed by atoms with van der Waals surface area (Å²) in [6.07, 6.45) is 0. The highest BCUT2D eigenvalue weighted by atomic mass is 16.5. The van der Waals surface area contributed by atoms with Crippen LogP contribution in [0.25, 0.3) is 11.3 Å². The highest BCUT2D eigenvalue weighted by molar-refractivity contribution is 5.91. The summed E-state index contributed by atoms with van der Waals surface area (Å²) in [4.78, 5) is 11.2. The highest BCUT2D eigenvalue weighted by Crippen LogP contribution is 2.29. The monoisotopic (exact) mass is 273 g/mol. The lowest BCUT2D eigenvalue weighted by atomic mass is 10.1. The number of rotatable bonds is 4. The molecule has 106 valence electrons. The van der Waals surface area contributed by atoms with Gasteiger partial charge < -0.3 is 14.4 Å². The minimum absolute atomic E-state index is 0.342. The summed E-state index contributed by atoms with van der Waals surface area (Å²) in [5, 5.41) is 9.19. The minimum Gasteiger partial charge on any atom is -0.494 e. The van der Waals surface area contributed by atoms with E-state index < -0.39 is 5.97 Å². The molecule has 1 heterocycles. The second kappa shape index (κ2) is 5.41. The van der Waals surface area contributed by atoms with Crippen LogP contribution in [0.15, 0.2) is 24.3 Å². The van der Waals surface area contributed by atoms with E-state index in [9.17, 15) is 9.90 Å². The molecule has 1 aromatic carbocycles. The van der Waals surface area contributed by atoms with Crippen LogP contribution in [0.1, 0.15) is 28.5 Å². The zero-order valence-electron chi connectivity index (χ0n) is 12.2. The fourth-order valence-corrected chi connectivity index (χ4v) is 2.32. The largest absolute Gasteiger partial charge is 0.494 e. The normalized spacial score (nSPS) is 10.6. The summed E-state index contributed by atoms with van der Waals surface area (Å²) >= 11 is 0. The molecule has 20 heavy (non-hydrogen) atoms. The fourth-order valence-electron chi connectivity index (χ4n) is 2.32. The van der Waals surface area contributed by atoms with Crippen molar-refractivity contribution in [1.82, 2.24) is 4.57 Å². The van der Waals surface area contributed by atoms with E-state index >= 15 is 0 Å². The Balaban J connectivity index is 2.49. The number of hydrogen-bond donors (Lipinski definition) is 1. The average molecular weight is 273 g/mol.